The molecule has 1 aromatic carbocycles. The van der Waals surface area contributed by atoms with E-state index in [0.717, 1.165) is 24.0 Å². The maximum atomic E-state index is 11.9. The van der Waals surface area contributed by atoms with Crippen LogP contribution in [0.1, 0.15) is 54.7 Å². The molecule has 0 fully saturated rings. The van der Waals surface area contributed by atoms with Crippen LogP contribution in [0.4, 0.5) is 4.79 Å². The van der Waals surface area contributed by atoms with Crippen molar-refractivity contribution in [3.05, 3.63) is 47.5 Å². The second-order valence-corrected chi connectivity index (χ2v) is 6.54. The van der Waals surface area contributed by atoms with Crippen LogP contribution in [0, 0.1) is 0 Å². The normalized spacial score (nSPS) is 16.4. The second-order valence-electron chi connectivity index (χ2n) is 6.54. The van der Waals surface area contributed by atoms with Gasteiger partial charge in [0.1, 0.15) is 12.2 Å². The van der Waals surface area contributed by atoms with Gasteiger partial charge in [0.25, 0.3) is 0 Å². The largest absolute Gasteiger partial charge is 0.458 e. The number of esters is 1. The summed E-state index contributed by atoms with van der Waals surface area (Å²) >= 11 is 0. The summed E-state index contributed by atoms with van der Waals surface area (Å²) in [4.78, 5) is 23.8. The molecule has 0 aromatic heterocycles. The number of alkyl carbamates (subject to hydrolysis) is 1. The van der Waals surface area contributed by atoms with E-state index in [1.807, 2.05) is 32.9 Å². The van der Waals surface area contributed by atoms with Crippen molar-refractivity contribution in [2.24, 2.45) is 0 Å². The molecule has 0 aliphatic heterocycles. The number of fused-ring (bicyclic) bond motifs is 1. The van der Waals surface area contributed by atoms with Gasteiger partial charge < -0.3 is 14.8 Å². The lowest BCUT2D eigenvalue weighted by molar-refractivity contribution is 0.0501. The van der Waals surface area contributed by atoms with E-state index in [9.17, 15) is 9.59 Å². The predicted octanol–water partition coefficient (Wildman–Crippen LogP) is 3.54. The molecule has 0 unspecified atom stereocenters. The number of carbonyl (C=O) groups is 2. The summed E-state index contributed by atoms with van der Waals surface area (Å²) in [7, 11) is 0. The van der Waals surface area contributed by atoms with Crippen molar-refractivity contribution in [1.82, 2.24) is 5.32 Å². The van der Waals surface area contributed by atoms with Gasteiger partial charge in [-0.15, -0.1) is 0 Å². The third-order valence-corrected chi connectivity index (χ3v) is 3.48. The molecule has 23 heavy (non-hydrogen) atoms. The van der Waals surface area contributed by atoms with E-state index in [4.69, 9.17) is 9.47 Å². The minimum atomic E-state index is -0.524. The standard InChI is InChI=1S/C18H23NO4/c1-5-10-22-16(20)13-6-8-14-12(11-13)7-9-15(14)19-17(21)23-18(2,3)4/h5-6,8,11,15H,1,7,9-10H2,2-4H3,(H,19,21)/t15-/m0/s1. The lowest BCUT2D eigenvalue weighted by Gasteiger charge is -2.22. The van der Waals surface area contributed by atoms with Crippen LogP contribution in [-0.2, 0) is 15.9 Å². The van der Waals surface area contributed by atoms with Gasteiger partial charge in [-0.3, -0.25) is 0 Å². The smallest absolute Gasteiger partial charge is 0.408 e. The zero-order valence-corrected chi connectivity index (χ0v) is 13.8. The first-order chi connectivity index (χ1) is 10.8. The van der Waals surface area contributed by atoms with Gasteiger partial charge >= 0.3 is 12.1 Å². The highest BCUT2D eigenvalue weighted by Gasteiger charge is 2.27. The number of nitrogens with one attached hydrogen (secondary N) is 1. The first-order valence-electron chi connectivity index (χ1n) is 7.70. The van der Waals surface area contributed by atoms with Crippen LogP contribution in [0.5, 0.6) is 0 Å². The third-order valence-electron chi connectivity index (χ3n) is 3.48. The zero-order valence-electron chi connectivity index (χ0n) is 13.8. The average molecular weight is 317 g/mol. The molecule has 0 bridgehead atoms. The third kappa shape index (κ3) is 4.58. The molecule has 1 aliphatic carbocycles. The molecule has 2 rings (SSSR count). The van der Waals surface area contributed by atoms with E-state index in [0.29, 0.717) is 5.56 Å². The molecule has 0 saturated carbocycles. The number of hydrogen-bond donors (Lipinski definition) is 1. The molecule has 5 nitrogen and oxygen atoms in total. The summed E-state index contributed by atoms with van der Waals surface area (Å²) in [6.45, 7) is 9.20. The van der Waals surface area contributed by atoms with Gasteiger partial charge in [-0.25, -0.2) is 9.59 Å². The maximum Gasteiger partial charge on any atom is 0.408 e. The Morgan fingerprint density at radius 3 is 2.78 bits per heavy atom. The number of amides is 1. The average Bonchev–Trinajstić information content (AvgIpc) is 2.85. The fraction of sp³-hybridized carbons (Fsp3) is 0.444. The minimum absolute atomic E-state index is 0.0851. The van der Waals surface area contributed by atoms with Gasteiger partial charge in [0.05, 0.1) is 11.6 Å². The summed E-state index contributed by atoms with van der Waals surface area (Å²) < 4.78 is 10.3. The van der Waals surface area contributed by atoms with Gasteiger partial charge in [0.2, 0.25) is 0 Å². The summed E-state index contributed by atoms with van der Waals surface area (Å²) in [5.74, 6) is -0.365. The number of ether oxygens (including phenoxy) is 2. The van der Waals surface area contributed by atoms with Crippen LogP contribution >= 0.6 is 0 Å². The molecule has 0 spiro atoms. The summed E-state index contributed by atoms with van der Waals surface area (Å²) in [6.07, 6.45) is 2.70. The molecule has 5 heteroatoms. The molecule has 1 atom stereocenters. The number of rotatable bonds is 4. The van der Waals surface area contributed by atoms with Crippen LogP contribution in [0.3, 0.4) is 0 Å². The molecule has 0 saturated heterocycles. The van der Waals surface area contributed by atoms with Gasteiger partial charge in [-0.05, 0) is 56.9 Å². The monoisotopic (exact) mass is 317 g/mol. The van der Waals surface area contributed by atoms with E-state index in [1.54, 1.807) is 6.07 Å². The zero-order chi connectivity index (χ0) is 17.0. The minimum Gasteiger partial charge on any atom is -0.458 e. The van der Waals surface area contributed by atoms with Crippen molar-refractivity contribution < 1.29 is 19.1 Å². The number of benzene rings is 1. The Kier molecular flexibility index (Phi) is 5.08. The number of aryl methyl sites for hydroxylation is 1. The van der Waals surface area contributed by atoms with Crippen molar-refractivity contribution in [3.63, 3.8) is 0 Å². The van der Waals surface area contributed by atoms with Crippen LogP contribution < -0.4 is 5.32 Å². The molecule has 1 amide bonds. The van der Waals surface area contributed by atoms with Gasteiger partial charge in [0, 0.05) is 0 Å². The second kappa shape index (κ2) is 6.86. The first kappa shape index (κ1) is 17.1. The van der Waals surface area contributed by atoms with Crippen LogP contribution in [0.2, 0.25) is 0 Å². The Morgan fingerprint density at radius 2 is 2.13 bits per heavy atom. The Morgan fingerprint density at radius 1 is 1.39 bits per heavy atom. The van der Waals surface area contributed by atoms with Crippen molar-refractivity contribution in [3.8, 4) is 0 Å². The first-order valence-corrected chi connectivity index (χ1v) is 7.70. The molecule has 0 heterocycles. The van der Waals surface area contributed by atoms with Gasteiger partial charge in [0.15, 0.2) is 0 Å². The number of carbonyl (C=O) groups excluding carboxylic acids is 2. The summed E-state index contributed by atoms with van der Waals surface area (Å²) in [5.41, 5.74) is 2.07. The van der Waals surface area contributed by atoms with Crippen LogP contribution in [0.15, 0.2) is 30.9 Å². The number of hydrogen-bond acceptors (Lipinski definition) is 4. The molecule has 1 N–H and O–H groups in total. The topological polar surface area (TPSA) is 64.6 Å². The quantitative estimate of drug-likeness (QED) is 0.681. The van der Waals surface area contributed by atoms with E-state index in [1.165, 1.54) is 6.08 Å². The van der Waals surface area contributed by atoms with E-state index in [2.05, 4.69) is 11.9 Å². The van der Waals surface area contributed by atoms with Gasteiger partial charge in [-0.2, -0.15) is 0 Å². The highest BCUT2D eigenvalue weighted by atomic mass is 16.6. The van der Waals surface area contributed by atoms with Crippen LogP contribution in [-0.4, -0.2) is 24.3 Å². The lowest BCUT2D eigenvalue weighted by Crippen LogP contribution is -2.34. The molecule has 0 radical (unpaired) electrons. The molecule has 1 aliphatic rings. The van der Waals surface area contributed by atoms with Crippen molar-refractivity contribution in [2.45, 2.75) is 45.3 Å². The fourth-order valence-corrected chi connectivity index (χ4v) is 2.56. The Bertz CT molecular complexity index is 616. The van der Waals surface area contributed by atoms with E-state index >= 15 is 0 Å². The van der Waals surface area contributed by atoms with Crippen LogP contribution in [0.25, 0.3) is 0 Å². The Hall–Kier alpha value is -2.30. The van der Waals surface area contributed by atoms with E-state index < -0.39 is 11.7 Å². The summed E-state index contributed by atoms with van der Waals surface area (Å²) in [6, 6.07) is 5.34. The van der Waals surface area contributed by atoms with Gasteiger partial charge in [-0.1, -0.05) is 18.7 Å². The Labute approximate surface area is 136 Å². The highest BCUT2D eigenvalue weighted by Crippen LogP contribution is 2.32. The molecular formula is C18H23NO4. The lowest BCUT2D eigenvalue weighted by atomic mass is 10.0. The van der Waals surface area contributed by atoms with Crippen molar-refractivity contribution in [2.75, 3.05) is 6.61 Å². The fourth-order valence-electron chi connectivity index (χ4n) is 2.56. The SMILES string of the molecule is C=CCOC(=O)c1ccc2c(c1)CC[C@@H]2NC(=O)OC(C)(C)C. The maximum absolute atomic E-state index is 11.9. The van der Waals surface area contributed by atoms with Crippen molar-refractivity contribution in [1.29, 1.82) is 0 Å². The Balaban J connectivity index is 2.05. The molecular weight excluding hydrogens is 294 g/mol. The molecule has 124 valence electrons. The van der Waals surface area contributed by atoms with Crippen molar-refractivity contribution >= 4 is 12.1 Å². The summed E-state index contributed by atoms with van der Waals surface area (Å²) in [5, 5.41) is 2.88. The predicted molar refractivity (Wildman–Crippen MR) is 87.4 cm³/mol. The highest BCUT2D eigenvalue weighted by molar-refractivity contribution is 5.90. The molecule has 1 aromatic rings. The van der Waals surface area contributed by atoms with E-state index in [-0.39, 0.29) is 18.6 Å².